The van der Waals surface area contributed by atoms with Crippen molar-refractivity contribution in [1.82, 2.24) is 0 Å². The second-order valence-corrected chi connectivity index (χ2v) is 6.58. The van der Waals surface area contributed by atoms with Gasteiger partial charge in [-0.3, -0.25) is 0 Å². The first kappa shape index (κ1) is 21.0. The second-order valence-electron chi connectivity index (χ2n) is 6.58. The summed E-state index contributed by atoms with van der Waals surface area (Å²) in [5.41, 5.74) is 0.830. The zero-order valence-electron chi connectivity index (χ0n) is 15.1. The van der Waals surface area contributed by atoms with Crippen LogP contribution >= 0.6 is 0 Å². The number of aliphatic hydroxyl groups is 4. The Morgan fingerprint density at radius 3 is 2.31 bits per heavy atom. The Labute approximate surface area is 165 Å². The normalized spacial score (nSPS) is 27.3. The largest absolute Gasteiger partial charge is 0.508 e. The highest BCUT2D eigenvalue weighted by atomic mass is 19.1. The number of phenolic OH excluding ortho intramolecular Hbond substituents is 2. The fraction of sp³-hybridized carbons (Fsp3) is 0.300. The van der Waals surface area contributed by atoms with Crippen molar-refractivity contribution in [1.29, 1.82) is 0 Å². The number of hydrogen-bond donors (Lipinski definition) is 6. The average Bonchev–Trinajstić information content (AvgIpc) is 2.69. The van der Waals surface area contributed by atoms with Gasteiger partial charge in [-0.25, -0.2) is 4.39 Å². The minimum Gasteiger partial charge on any atom is -0.508 e. The molecule has 3 unspecified atom stereocenters. The van der Waals surface area contributed by atoms with Gasteiger partial charge in [-0.1, -0.05) is 24.3 Å². The molecule has 1 aliphatic rings. The summed E-state index contributed by atoms with van der Waals surface area (Å²) in [7, 11) is 0. The Hall–Kier alpha value is -2.69. The number of aromatic hydroxyl groups is 2. The molecule has 0 aliphatic carbocycles. The van der Waals surface area contributed by atoms with Crippen LogP contribution in [0.4, 0.5) is 4.39 Å². The van der Waals surface area contributed by atoms with Crippen molar-refractivity contribution in [3.8, 4) is 17.2 Å². The third-order valence-corrected chi connectivity index (χ3v) is 4.49. The molecular formula is C20H21FO8. The molecule has 0 bridgehead atoms. The van der Waals surface area contributed by atoms with Crippen LogP contribution in [0.25, 0.3) is 12.2 Å². The maximum absolute atomic E-state index is 13.0. The highest BCUT2D eigenvalue weighted by molar-refractivity contribution is 5.75. The topological polar surface area (TPSA) is 140 Å². The molecular weight excluding hydrogens is 387 g/mol. The van der Waals surface area contributed by atoms with Crippen LogP contribution < -0.4 is 4.74 Å². The molecule has 29 heavy (non-hydrogen) atoms. The van der Waals surface area contributed by atoms with Crippen molar-refractivity contribution in [2.45, 2.75) is 30.7 Å². The fourth-order valence-electron chi connectivity index (χ4n) is 2.91. The number of ether oxygens (including phenoxy) is 2. The Balaban J connectivity index is 1.89. The van der Waals surface area contributed by atoms with E-state index in [0.717, 1.165) is 6.07 Å². The number of phenols is 2. The highest BCUT2D eigenvalue weighted by Crippen LogP contribution is 2.38. The van der Waals surface area contributed by atoms with Crippen molar-refractivity contribution in [2.75, 3.05) is 6.61 Å². The maximum atomic E-state index is 13.0. The second kappa shape index (κ2) is 8.76. The van der Waals surface area contributed by atoms with Gasteiger partial charge in [0, 0.05) is 11.6 Å². The van der Waals surface area contributed by atoms with Crippen LogP contribution in [0.2, 0.25) is 0 Å². The lowest BCUT2D eigenvalue weighted by Crippen LogP contribution is -2.60. The lowest BCUT2D eigenvalue weighted by Gasteiger charge is -2.39. The van der Waals surface area contributed by atoms with Crippen LogP contribution in [-0.2, 0) is 4.74 Å². The third kappa shape index (κ3) is 4.66. The van der Waals surface area contributed by atoms with Gasteiger partial charge >= 0.3 is 0 Å². The standard InChI is InChI=1S/C20H21FO8/c21-12-5-2-10(3-6-12)1-4-11-7-13(23)8-14(24)19(11)29-20-18(27)17(26)16(25)15(9-22)28-20/h1-8,15-18,20,22-27H,9H2/b4-1+/t15?,16-,17?,18-,20?/m1/s1. The molecule has 0 saturated carbocycles. The molecule has 6 N–H and O–H groups in total. The van der Waals surface area contributed by atoms with E-state index in [-0.39, 0.29) is 17.1 Å². The summed E-state index contributed by atoms with van der Waals surface area (Å²) < 4.78 is 23.8. The summed E-state index contributed by atoms with van der Waals surface area (Å²) in [6.07, 6.45) is -4.52. The van der Waals surface area contributed by atoms with Crippen LogP contribution in [-0.4, -0.2) is 68.0 Å². The minimum absolute atomic E-state index is 0.175. The van der Waals surface area contributed by atoms with E-state index in [1.807, 2.05) is 0 Å². The van der Waals surface area contributed by atoms with Crippen molar-refractivity contribution in [2.24, 2.45) is 0 Å². The molecule has 2 aromatic rings. The van der Waals surface area contributed by atoms with E-state index in [0.29, 0.717) is 5.56 Å². The van der Waals surface area contributed by atoms with Gasteiger partial charge < -0.3 is 40.1 Å². The van der Waals surface area contributed by atoms with E-state index in [1.54, 1.807) is 6.08 Å². The molecule has 5 atom stereocenters. The first-order valence-corrected chi connectivity index (χ1v) is 8.77. The zero-order chi connectivity index (χ0) is 21.1. The summed E-state index contributed by atoms with van der Waals surface area (Å²) in [4.78, 5) is 0. The molecule has 0 radical (unpaired) electrons. The molecule has 1 saturated heterocycles. The first-order chi connectivity index (χ1) is 13.8. The molecule has 0 spiro atoms. The quantitative estimate of drug-likeness (QED) is 0.395. The summed E-state index contributed by atoms with van der Waals surface area (Å²) in [5.74, 6) is -1.31. The van der Waals surface area contributed by atoms with Crippen molar-refractivity contribution in [3.05, 3.63) is 53.3 Å². The minimum atomic E-state index is -1.67. The molecule has 3 rings (SSSR count). The van der Waals surface area contributed by atoms with Crippen molar-refractivity contribution < 1.29 is 44.5 Å². The number of benzene rings is 2. The van der Waals surface area contributed by atoms with Crippen LogP contribution in [0.5, 0.6) is 17.2 Å². The van der Waals surface area contributed by atoms with Crippen LogP contribution in [0.15, 0.2) is 36.4 Å². The van der Waals surface area contributed by atoms with E-state index in [9.17, 15) is 35.0 Å². The van der Waals surface area contributed by atoms with Gasteiger partial charge in [0.2, 0.25) is 6.29 Å². The Kier molecular flexibility index (Phi) is 6.36. The predicted molar refractivity (Wildman–Crippen MR) is 99.5 cm³/mol. The Bertz CT molecular complexity index is 868. The highest BCUT2D eigenvalue weighted by Gasteiger charge is 2.45. The number of aliphatic hydroxyl groups excluding tert-OH is 4. The molecule has 1 aliphatic heterocycles. The van der Waals surface area contributed by atoms with Gasteiger partial charge in [-0.15, -0.1) is 0 Å². The van der Waals surface area contributed by atoms with Gasteiger partial charge in [0.1, 0.15) is 36.0 Å². The van der Waals surface area contributed by atoms with Crippen LogP contribution in [0.1, 0.15) is 11.1 Å². The number of halogens is 1. The van der Waals surface area contributed by atoms with E-state index < -0.39 is 48.9 Å². The molecule has 8 nitrogen and oxygen atoms in total. The first-order valence-electron chi connectivity index (χ1n) is 8.77. The molecule has 1 heterocycles. The molecule has 156 valence electrons. The van der Waals surface area contributed by atoms with Crippen molar-refractivity contribution in [3.63, 3.8) is 0 Å². The van der Waals surface area contributed by atoms with Gasteiger partial charge in [0.25, 0.3) is 0 Å². The number of hydrogen-bond acceptors (Lipinski definition) is 8. The van der Waals surface area contributed by atoms with Crippen molar-refractivity contribution >= 4 is 12.2 Å². The van der Waals surface area contributed by atoms with Gasteiger partial charge in [-0.05, 0) is 23.8 Å². The maximum Gasteiger partial charge on any atom is 0.229 e. The fourth-order valence-corrected chi connectivity index (χ4v) is 2.91. The summed E-state index contributed by atoms with van der Waals surface area (Å²) in [5, 5.41) is 59.1. The van der Waals surface area contributed by atoms with Gasteiger partial charge in [0.05, 0.1) is 6.61 Å². The average molecular weight is 408 g/mol. The van der Waals surface area contributed by atoms with Crippen LogP contribution in [0.3, 0.4) is 0 Å². The van der Waals surface area contributed by atoms with E-state index in [2.05, 4.69) is 0 Å². The van der Waals surface area contributed by atoms with E-state index in [4.69, 9.17) is 9.47 Å². The molecule has 0 amide bonds. The Morgan fingerprint density at radius 1 is 0.966 bits per heavy atom. The third-order valence-electron chi connectivity index (χ3n) is 4.49. The number of rotatable bonds is 5. The summed E-state index contributed by atoms with van der Waals surface area (Å²) in [6, 6.07) is 7.86. The SMILES string of the molecule is OCC1OC(Oc2c(O)cc(O)cc2/C=C/c2ccc(F)cc2)[C@H](O)C(O)[C@@H]1O. The molecule has 1 fully saturated rings. The lowest BCUT2D eigenvalue weighted by molar-refractivity contribution is -0.277. The van der Waals surface area contributed by atoms with E-state index in [1.165, 1.54) is 36.4 Å². The summed E-state index contributed by atoms with van der Waals surface area (Å²) >= 11 is 0. The predicted octanol–water partition coefficient (Wildman–Crippen LogP) is 0.586. The van der Waals surface area contributed by atoms with E-state index >= 15 is 0 Å². The molecule has 2 aromatic carbocycles. The lowest BCUT2D eigenvalue weighted by atomic mass is 9.99. The van der Waals surface area contributed by atoms with Gasteiger partial charge in [-0.2, -0.15) is 0 Å². The van der Waals surface area contributed by atoms with Gasteiger partial charge in [0.15, 0.2) is 11.5 Å². The zero-order valence-corrected chi connectivity index (χ0v) is 15.1. The monoisotopic (exact) mass is 408 g/mol. The summed E-state index contributed by atoms with van der Waals surface area (Å²) in [6.45, 7) is -0.635. The Morgan fingerprint density at radius 2 is 1.66 bits per heavy atom. The smallest absolute Gasteiger partial charge is 0.229 e. The molecule has 9 heteroatoms. The van der Waals surface area contributed by atoms with Crippen LogP contribution in [0, 0.1) is 5.82 Å². The molecule has 0 aromatic heterocycles.